The molecule has 150 valence electrons. The van der Waals surface area contributed by atoms with Crippen molar-refractivity contribution in [1.82, 2.24) is 4.98 Å². The van der Waals surface area contributed by atoms with E-state index in [-0.39, 0.29) is 29.1 Å². The molecule has 0 aliphatic carbocycles. The number of rotatable bonds is 6. The topological polar surface area (TPSA) is 134 Å². The van der Waals surface area contributed by atoms with E-state index in [1.807, 2.05) is 42.5 Å². The van der Waals surface area contributed by atoms with Crippen LogP contribution in [0.25, 0.3) is 11.1 Å². The third kappa shape index (κ3) is 3.75. The maximum atomic E-state index is 12.3. The van der Waals surface area contributed by atoms with E-state index < -0.39 is 5.56 Å². The van der Waals surface area contributed by atoms with Gasteiger partial charge in [0.2, 0.25) is 5.75 Å². The Labute approximate surface area is 172 Å². The maximum Gasteiger partial charge on any atom is 0.268 e. The molecular formula is C22H18N4O4. The number of anilines is 1. The van der Waals surface area contributed by atoms with Crippen LogP contribution in [-0.2, 0) is 6.61 Å². The minimum atomic E-state index is -0.689. The number of nitrogen functional groups attached to an aromatic ring is 1. The molecule has 0 amide bonds. The van der Waals surface area contributed by atoms with Crippen molar-refractivity contribution in [3.05, 3.63) is 69.5 Å². The lowest BCUT2D eigenvalue weighted by molar-refractivity contribution is 0.275. The van der Waals surface area contributed by atoms with Crippen LogP contribution in [0.3, 0.4) is 0 Å². The SMILES string of the molecule is COc1cc(-c2c(C#N)c(N)[nH]c(=O)c2C#N)cc(OCc2ccccc2)c1OC. The molecule has 0 radical (unpaired) electrons. The average molecular weight is 402 g/mol. The fraction of sp³-hybridized carbons (Fsp3) is 0.136. The van der Waals surface area contributed by atoms with E-state index in [2.05, 4.69) is 4.98 Å². The number of nitrogens with zero attached hydrogens (tertiary/aromatic N) is 2. The third-order valence-electron chi connectivity index (χ3n) is 4.44. The van der Waals surface area contributed by atoms with Crippen LogP contribution in [0.15, 0.2) is 47.3 Å². The number of benzene rings is 2. The molecule has 3 rings (SSSR count). The van der Waals surface area contributed by atoms with Crippen molar-refractivity contribution in [2.45, 2.75) is 6.61 Å². The third-order valence-corrected chi connectivity index (χ3v) is 4.44. The highest BCUT2D eigenvalue weighted by Gasteiger charge is 2.22. The largest absolute Gasteiger partial charge is 0.493 e. The van der Waals surface area contributed by atoms with Crippen molar-refractivity contribution in [2.24, 2.45) is 0 Å². The van der Waals surface area contributed by atoms with Crippen LogP contribution in [0.2, 0.25) is 0 Å². The lowest BCUT2D eigenvalue weighted by atomic mass is 9.96. The first-order chi connectivity index (χ1) is 14.5. The average Bonchev–Trinajstić information content (AvgIpc) is 2.77. The number of nitriles is 2. The molecule has 8 heteroatoms. The fourth-order valence-electron chi connectivity index (χ4n) is 3.05. The number of aromatic nitrogens is 1. The van der Waals surface area contributed by atoms with Crippen molar-refractivity contribution in [2.75, 3.05) is 20.0 Å². The zero-order chi connectivity index (χ0) is 21.7. The number of methoxy groups -OCH3 is 2. The van der Waals surface area contributed by atoms with Crippen LogP contribution in [0.1, 0.15) is 16.7 Å². The Kier molecular flexibility index (Phi) is 5.90. The predicted octanol–water partition coefficient (Wildman–Crippen LogP) is 2.96. The van der Waals surface area contributed by atoms with E-state index >= 15 is 0 Å². The molecule has 0 saturated carbocycles. The second-order valence-electron chi connectivity index (χ2n) is 6.20. The summed E-state index contributed by atoms with van der Waals surface area (Å²) in [6.45, 7) is 0.248. The van der Waals surface area contributed by atoms with Crippen LogP contribution in [0, 0.1) is 22.7 Å². The molecule has 30 heavy (non-hydrogen) atoms. The summed E-state index contributed by atoms with van der Waals surface area (Å²) in [6.07, 6.45) is 0. The summed E-state index contributed by atoms with van der Waals surface area (Å²) in [6, 6.07) is 16.4. The van der Waals surface area contributed by atoms with Gasteiger partial charge in [0.15, 0.2) is 11.5 Å². The van der Waals surface area contributed by atoms with Crippen molar-refractivity contribution < 1.29 is 14.2 Å². The summed E-state index contributed by atoms with van der Waals surface area (Å²) in [5.74, 6) is 0.845. The zero-order valence-corrected chi connectivity index (χ0v) is 16.4. The molecule has 1 aromatic heterocycles. The lowest BCUT2D eigenvalue weighted by Gasteiger charge is -2.17. The molecule has 0 atom stereocenters. The zero-order valence-electron chi connectivity index (χ0n) is 16.4. The van der Waals surface area contributed by atoms with E-state index in [9.17, 15) is 15.3 Å². The van der Waals surface area contributed by atoms with Crippen LogP contribution >= 0.6 is 0 Å². The van der Waals surface area contributed by atoms with Gasteiger partial charge in [-0.3, -0.25) is 4.79 Å². The van der Waals surface area contributed by atoms with Gasteiger partial charge < -0.3 is 24.9 Å². The van der Waals surface area contributed by atoms with Gasteiger partial charge in [0.25, 0.3) is 5.56 Å². The standard InChI is InChI=1S/C22H18N4O4/c1-28-17-8-14(19-15(10-23)21(25)26-22(27)16(19)11-24)9-18(20(17)29-2)30-12-13-6-4-3-5-7-13/h3-9H,12H2,1-2H3,(H3,25,26,27). The molecule has 0 saturated heterocycles. The molecule has 0 aliphatic rings. The number of hydrogen-bond acceptors (Lipinski definition) is 7. The number of nitrogens with two attached hydrogens (primary N) is 1. The summed E-state index contributed by atoms with van der Waals surface area (Å²) in [7, 11) is 2.92. The van der Waals surface area contributed by atoms with Crippen molar-refractivity contribution in [3.8, 4) is 40.5 Å². The van der Waals surface area contributed by atoms with Crippen LogP contribution in [0.4, 0.5) is 5.82 Å². The van der Waals surface area contributed by atoms with Gasteiger partial charge in [0.05, 0.1) is 14.2 Å². The van der Waals surface area contributed by atoms with Gasteiger partial charge in [-0.1, -0.05) is 30.3 Å². The molecule has 0 unspecified atom stereocenters. The van der Waals surface area contributed by atoms with E-state index in [0.29, 0.717) is 22.8 Å². The fourth-order valence-corrected chi connectivity index (χ4v) is 3.05. The van der Waals surface area contributed by atoms with E-state index in [0.717, 1.165) is 5.56 Å². The number of aromatic amines is 1. The molecule has 8 nitrogen and oxygen atoms in total. The van der Waals surface area contributed by atoms with E-state index in [1.165, 1.54) is 14.2 Å². The van der Waals surface area contributed by atoms with Crippen LogP contribution < -0.4 is 25.5 Å². The van der Waals surface area contributed by atoms with Crippen molar-refractivity contribution >= 4 is 5.82 Å². The summed E-state index contributed by atoms with van der Waals surface area (Å²) < 4.78 is 16.8. The Balaban J connectivity index is 2.21. The normalized spacial score (nSPS) is 10.0. The molecule has 1 heterocycles. The van der Waals surface area contributed by atoms with Gasteiger partial charge >= 0.3 is 0 Å². The predicted molar refractivity (Wildman–Crippen MR) is 110 cm³/mol. The molecular weight excluding hydrogens is 384 g/mol. The number of nitrogens with one attached hydrogen (secondary N) is 1. The van der Waals surface area contributed by atoms with Gasteiger partial charge in [-0.15, -0.1) is 0 Å². The lowest BCUT2D eigenvalue weighted by Crippen LogP contribution is -2.16. The van der Waals surface area contributed by atoms with Gasteiger partial charge in [0, 0.05) is 5.56 Å². The molecule has 2 aromatic carbocycles. The molecule has 0 spiro atoms. The minimum absolute atomic E-state index is 0.0209. The van der Waals surface area contributed by atoms with Crippen molar-refractivity contribution in [1.29, 1.82) is 10.5 Å². The first-order valence-corrected chi connectivity index (χ1v) is 8.83. The summed E-state index contributed by atoms with van der Waals surface area (Å²) >= 11 is 0. The minimum Gasteiger partial charge on any atom is -0.493 e. The Bertz CT molecular complexity index is 1220. The quantitative estimate of drug-likeness (QED) is 0.647. The summed E-state index contributed by atoms with van der Waals surface area (Å²) in [4.78, 5) is 14.6. The maximum absolute atomic E-state index is 12.3. The number of hydrogen-bond donors (Lipinski definition) is 2. The van der Waals surface area contributed by atoms with Gasteiger partial charge in [0.1, 0.15) is 35.7 Å². The number of H-pyrrole nitrogens is 1. The monoisotopic (exact) mass is 402 g/mol. The van der Waals surface area contributed by atoms with Crippen LogP contribution in [-0.4, -0.2) is 19.2 Å². The highest BCUT2D eigenvalue weighted by molar-refractivity contribution is 5.82. The first-order valence-electron chi connectivity index (χ1n) is 8.83. The highest BCUT2D eigenvalue weighted by Crippen LogP contribution is 2.43. The van der Waals surface area contributed by atoms with Crippen molar-refractivity contribution in [3.63, 3.8) is 0 Å². The second kappa shape index (κ2) is 8.72. The van der Waals surface area contributed by atoms with Gasteiger partial charge in [-0.25, -0.2) is 0 Å². The van der Waals surface area contributed by atoms with E-state index in [1.54, 1.807) is 12.1 Å². The van der Waals surface area contributed by atoms with E-state index in [4.69, 9.17) is 19.9 Å². The molecule has 3 N–H and O–H groups in total. The van der Waals surface area contributed by atoms with Crippen LogP contribution in [0.5, 0.6) is 17.2 Å². The first kappa shape index (κ1) is 20.3. The highest BCUT2D eigenvalue weighted by atomic mass is 16.5. The molecule has 3 aromatic rings. The smallest absolute Gasteiger partial charge is 0.268 e. The second-order valence-corrected chi connectivity index (χ2v) is 6.20. The molecule has 0 bridgehead atoms. The Morgan fingerprint density at radius 1 is 1.00 bits per heavy atom. The Morgan fingerprint density at radius 2 is 1.67 bits per heavy atom. The Hall–Kier alpha value is -4.43. The summed E-state index contributed by atoms with van der Waals surface area (Å²) in [5.41, 5.74) is 6.27. The Morgan fingerprint density at radius 3 is 2.27 bits per heavy atom. The number of pyridine rings is 1. The molecule has 0 fully saturated rings. The number of ether oxygens (including phenoxy) is 3. The molecule has 0 aliphatic heterocycles. The summed E-state index contributed by atoms with van der Waals surface area (Å²) in [5, 5.41) is 19.1. The van der Waals surface area contributed by atoms with Gasteiger partial charge in [-0.05, 0) is 23.3 Å². The van der Waals surface area contributed by atoms with Gasteiger partial charge in [-0.2, -0.15) is 10.5 Å².